The molecule has 1 aromatic heterocycles. The Morgan fingerprint density at radius 1 is 1.00 bits per heavy atom. The summed E-state index contributed by atoms with van der Waals surface area (Å²) >= 11 is 0. The molecule has 0 bridgehead atoms. The monoisotopic (exact) mass is 444 g/mol. The van der Waals surface area contributed by atoms with E-state index >= 15 is 0 Å². The molecule has 6 heteroatoms. The van der Waals surface area contributed by atoms with Gasteiger partial charge in [-0.25, -0.2) is 4.99 Å². The number of aromatic nitrogens is 3. The molecular formula is C27H36N6. The molecule has 1 fully saturated rings. The zero-order valence-electron chi connectivity index (χ0n) is 19.9. The lowest BCUT2D eigenvalue weighted by Gasteiger charge is -2.26. The van der Waals surface area contributed by atoms with E-state index in [9.17, 15) is 0 Å². The first-order valence-corrected chi connectivity index (χ1v) is 12.2. The van der Waals surface area contributed by atoms with Crippen molar-refractivity contribution in [1.82, 2.24) is 25.4 Å². The summed E-state index contributed by atoms with van der Waals surface area (Å²) in [6.45, 7) is 3.29. The van der Waals surface area contributed by atoms with Crippen LogP contribution in [0.2, 0.25) is 0 Å². The summed E-state index contributed by atoms with van der Waals surface area (Å²) < 4.78 is 2.00. The molecule has 0 amide bonds. The molecule has 4 rings (SSSR count). The third-order valence-corrected chi connectivity index (χ3v) is 6.62. The number of benzene rings is 2. The van der Waals surface area contributed by atoms with Gasteiger partial charge in [0.1, 0.15) is 12.4 Å². The molecule has 6 nitrogen and oxygen atoms in total. The Morgan fingerprint density at radius 3 is 2.36 bits per heavy atom. The highest BCUT2D eigenvalue weighted by molar-refractivity contribution is 5.80. The van der Waals surface area contributed by atoms with E-state index in [-0.39, 0.29) is 0 Å². The Morgan fingerprint density at radius 2 is 1.70 bits per heavy atom. The lowest BCUT2D eigenvalue weighted by Crippen LogP contribution is -2.45. The number of aliphatic imine (C=N–C) groups is 1. The van der Waals surface area contributed by atoms with Crippen LogP contribution >= 0.6 is 0 Å². The van der Waals surface area contributed by atoms with Crippen molar-refractivity contribution in [1.29, 1.82) is 0 Å². The SMILES string of the molecule is Cc1nnc(CN=C(NCC(Cc2ccccc2)c2ccccc2)NC2CCCCC2)n1C. The lowest BCUT2D eigenvalue weighted by molar-refractivity contribution is 0.409. The van der Waals surface area contributed by atoms with Crippen LogP contribution in [-0.4, -0.2) is 33.3 Å². The summed E-state index contributed by atoms with van der Waals surface area (Å²) in [4.78, 5) is 4.91. The van der Waals surface area contributed by atoms with Gasteiger partial charge in [-0.1, -0.05) is 79.9 Å². The van der Waals surface area contributed by atoms with Crippen LogP contribution in [0, 0.1) is 6.92 Å². The number of rotatable bonds is 8. The van der Waals surface area contributed by atoms with Gasteiger partial charge >= 0.3 is 0 Å². The number of hydrogen-bond donors (Lipinski definition) is 2. The van der Waals surface area contributed by atoms with E-state index in [2.05, 4.69) is 81.5 Å². The van der Waals surface area contributed by atoms with Crippen molar-refractivity contribution in [3.8, 4) is 0 Å². The average molecular weight is 445 g/mol. The quantitative estimate of drug-likeness (QED) is 0.396. The van der Waals surface area contributed by atoms with Gasteiger partial charge < -0.3 is 15.2 Å². The van der Waals surface area contributed by atoms with Crippen molar-refractivity contribution in [2.45, 2.75) is 64.0 Å². The van der Waals surface area contributed by atoms with E-state index in [1.807, 2.05) is 18.5 Å². The van der Waals surface area contributed by atoms with E-state index in [4.69, 9.17) is 4.99 Å². The van der Waals surface area contributed by atoms with Crippen LogP contribution in [0.4, 0.5) is 0 Å². The fourth-order valence-corrected chi connectivity index (χ4v) is 4.48. The molecule has 1 atom stereocenters. The van der Waals surface area contributed by atoms with E-state index < -0.39 is 0 Å². The zero-order valence-corrected chi connectivity index (χ0v) is 19.9. The normalized spacial score (nSPS) is 15.9. The summed E-state index contributed by atoms with van der Waals surface area (Å²) in [5.74, 6) is 3.00. The average Bonchev–Trinajstić information content (AvgIpc) is 3.19. The van der Waals surface area contributed by atoms with Crippen LogP contribution in [0.3, 0.4) is 0 Å². The summed E-state index contributed by atoms with van der Waals surface area (Å²) in [5, 5.41) is 15.8. The molecule has 33 heavy (non-hydrogen) atoms. The van der Waals surface area contributed by atoms with Gasteiger partial charge in [0.05, 0.1) is 0 Å². The van der Waals surface area contributed by atoms with Gasteiger partial charge in [0.2, 0.25) is 0 Å². The third kappa shape index (κ3) is 6.67. The molecule has 1 unspecified atom stereocenters. The smallest absolute Gasteiger partial charge is 0.191 e. The number of hydrogen-bond acceptors (Lipinski definition) is 3. The minimum Gasteiger partial charge on any atom is -0.356 e. The third-order valence-electron chi connectivity index (χ3n) is 6.62. The number of guanidine groups is 1. The molecule has 1 aliphatic rings. The van der Waals surface area contributed by atoms with Gasteiger partial charge in [0.25, 0.3) is 0 Å². The Kier molecular flexibility index (Phi) is 8.12. The molecule has 0 saturated heterocycles. The van der Waals surface area contributed by atoms with E-state index in [0.717, 1.165) is 30.6 Å². The van der Waals surface area contributed by atoms with Crippen molar-refractivity contribution in [3.63, 3.8) is 0 Å². The molecule has 1 aliphatic carbocycles. The summed E-state index contributed by atoms with van der Waals surface area (Å²) in [6.07, 6.45) is 7.30. The van der Waals surface area contributed by atoms with Crippen molar-refractivity contribution < 1.29 is 0 Å². The van der Waals surface area contributed by atoms with Crippen molar-refractivity contribution >= 4 is 5.96 Å². The van der Waals surface area contributed by atoms with Crippen LogP contribution in [-0.2, 0) is 20.0 Å². The maximum absolute atomic E-state index is 4.91. The standard InChI is InChI=1S/C27H36N6/c1-21-31-32-26(33(21)2)20-29-27(30-25-16-10-5-11-17-25)28-19-24(23-14-8-4-9-15-23)18-22-12-6-3-7-13-22/h3-4,6-9,12-15,24-25H,5,10-11,16-20H2,1-2H3,(H2,28,29,30). The van der Waals surface area contributed by atoms with Gasteiger partial charge in [0, 0.05) is 25.6 Å². The van der Waals surface area contributed by atoms with E-state index in [1.165, 1.54) is 43.2 Å². The van der Waals surface area contributed by atoms with Crippen molar-refractivity contribution in [3.05, 3.63) is 83.4 Å². The predicted octanol–water partition coefficient (Wildman–Crippen LogP) is 4.52. The fraction of sp³-hybridized carbons (Fsp3) is 0.444. The highest BCUT2D eigenvalue weighted by Crippen LogP contribution is 2.21. The van der Waals surface area contributed by atoms with Crippen molar-refractivity contribution in [2.24, 2.45) is 12.0 Å². The molecule has 3 aromatic rings. The highest BCUT2D eigenvalue weighted by atomic mass is 15.3. The topological polar surface area (TPSA) is 67.1 Å². The fourth-order valence-electron chi connectivity index (χ4n) is 4.48. The molecule has 0 spiro atoms. The molecular weight excluding hydrogens is 408 g/mol. The second kappa shape index (κ2) is 11.6. The zero-order chi connectivity index (χ0) is 22.9. The first-order chi connectivity index (χ1) is 16.2. The number of nitrogens with zero attached hydrogens (tertiary/aromatic N) is 4. The minimum absolute atomic E-state index is 0.351. The van der Waals surface area contributed by atoms with Gasteiger partial charge in [0.15, 0.2) is 11.8 Å². The molecule has 0 radical (unpaired) electrons. The molecule has 2 aromatic carbocycles. The predicted molar refractivity (Wildman–Crippen MR) is 134 cm³/mol. The maximum atomic E-state index is 4.91. The van der Waals surface area contributed by atoms with E-state index in [1.54, 1.807) is 0 Å². The summed E-state index contributed by atoms with van der Waals surface area (Å²) in [6, 6.07) is 22.0. The number of aryl methyl sites for hydroxylation is 1. The highest BCUT2D eigenvalue weighted by Gasteiger charge is 2.17. The maximum Gasteiger partial charge on any atom is 0.191 e. The van der Waals surface area contributed by atoms with Gasteiger partial charge in [-0.05, 0) is 37.3 Å². The van der Waals surface area contributed by atoms with Gasteiger partial charge in [-0.15, -0.1) is 10.2 Å². The van der Waals surface area contributed by atoms with Gasteiger partial charge in [-0.2, -0.15) is 0 Å². The molecule has 174 valence electrons. The Bertz CT molecular complexity index is 1010. The molecule has 1 saturated carbocycles. The van der Waals surface area contributed by atoms with Crippen LogP contribution in [0.1, 0.15) is 60.8 Å². The van der Waals surface area contributed by atoms with Crippen LogP contribution in [0.25, 0.3) is 0 Å². The second-order valence-corrected chi connectivity index (χ2v) is 9.04. The summed E-state index contributed by atoms with van der Waals surface area (Å²) in [5.41, 5.74) is 2.69. The molecule has 1 heterocycles. The van der Waals surface area contributed by atoms with Crippen LogP contribution < -0.4 is 10.6 Å². The Balaban J connectivity index is 1.49. The Labute approximate surface area is 197 Å². The minimum atomic E-state index is 0.351. The largest absolute Gasteiger partial charge is 0.356 e. The van der Waals surface area contributed by atoms with E-state index in [0.29, 0.717) is 18.5 Å². The first kappa shape index (κ1) is 23.0. The number of nitrogens with one attached hydrogen (secondary N) is 2. The van der Waals surface area contributed by atoms with Crippen LogP contribution in [0.15, 0.2) is 65.7 Å². The van der Waals surface area contributed by atoms with Crippen molar-refractivity contribution in [2.75, 3.05) is 6.54 Å². The lowest BCUT2D eigenvalue weighted by atomic mass is 9.92. The van der Waals surface area contributed by atoms with Gasteiger partial charge in [-0.3, -0.25) is 0 Å². The Hall–Kier alpha value is -3.15. The first-order valence-electron chi connectivity index (χ1n) is 12.2. The van der Waals surface area contributed by atoms with Crippen LogP contribution in [0.5, 0.6) is 0 Å². The molecule has 2 N–H and O–H groups in total. The molecule has 0 aliphatic heterocycles. The summed E-state index contributed by atoms with van der Waals surface area (Å²) in [7, 11) is 1.99. The second-order valence-electron chi connectivity index (χ2n) is 9.04.